The van der Waals surface area contributed by atoms with Gasteiger partial charge in [-0.1, -0.05) is 0 Å². The lowest BCUT2D eigenvalue weighted by molar-refractivity contribution is 0.303. The number of hydrogen-bond donors (Lipinski definition) is 2. The fraction of sp³-hybridized carbons (Fsp3) is 0.211. The van der Waals surface area contributed by atoms with Crippen LogP contribution in [-0.4, -0.2) is 22.8 Å². The molecule has 3 aromatic rings. The summed E-state index contributed by atoms with van der Waals surface area (Å²) in [7, 11) is 1.68. The molecule has 1 aliphatic rings. The summed E-state index contributed by atoms with van der Waals surface area (Å²) in [6, 6.07) is 6.47. The summed E-state index contributed by atoms with van der Waals surface area (Å²) in [5.74, 6) is 0.783. The second kappa shape index (κ2) is 5.53. The lowest BCUT2D eigenvalue weighted by Gasteiger charge is -2.01. The maximum Gasteiger partial charge on any atom is 0.146 e. The predicted molar refractivity (Wildman–Crippen MR) is 101 cm³/mol. The molecule has 0 spiro atoms. The van der Waals surface area contributed by atoms with E-state index in [1.165, 1.54) is 20.7 Å². The summed E-state index contributed by atoms with van der Waals surface area (Å²) in [5.41, 5.74) is 6.18. The SMILES string of the molecule is COC1=CC(c2cc3cc(C)sc3[nH]2)=N/C1=C\c1[nH]c(C)cc1C. The number of aliphatic imine (C=N–C) groups is 1. The topological polar surface area (TPSA) is 53.2 Å². The molecule has 0 saturated heterocycles. The van der Waals surface area contributed by atoms with Crippen molar-refractivity contribution in [1.82, 2.24) is 9.97 Å². The molecule has 0 aliphatic carbocycles. The molecular formula is C19H19N3OS. The molecule has 122 valence electrons. The zero-order valence-corrected chi connectivity index (χ0v) is 15.0. The summed E-state index contributed by atoms with van der Waals surface area (Å²) in [6.45, 7) is 6.27. The Balaban J connectivity index is 1.75. The zero-order chi connectivity index (χ0) is 16.8. The molecule has 0 saturated carbocycles. The number of nitrogens with one attached hydrogen (secondary N) is 2. The Morgan fingerprint density at radius 3 is 2.62 bits per heavy atom. The normalized spacial score (nSPS) is 16.1. The first kappa shape index (κ1) is 15.0. The van der Waals surface area contributed by atoms with Crippen molar-refractivity contribution in [1.29, 1.82) is 0 Å². The van der Waals surface area contributed by atoms with Crippen molar-refractivity contribution >= 4 is 33.3 Å². The van der Waals surface area contributed by atoms with Crippen LogP contribution in [0.4, 0.5) is 0 Å². The Morgan fingerprint density at radius 1 is 1.12 bits per heavy atom. The van der Waals surface area contributed by atoms with Gasteiger partial charge in [-0.15, -0.1) is 11.3 Å². The minimum atomic E-state index is 0.783. The van der Waals surface area contributed by atoms with Gasteiger partial charge < -0.3 is 14.7 Å². The molecule has 0 unspecified atom stereocenters. The van der Waals surface area contributed by atoms with Crippen molar-refractivity contribution in [2.24, 2.45) is 4.99 Å². The monoisotopic (exact) mass is 337 g/mol. The number of fused-ring (bicyclic) bond motifs is 1. The predicted octanol–water partition coefficient (Wildman–Crippen LogP) is 4.86. The van der Waals surface area contributed by atoms with E-state index in [1.807, 2.05) is 12.2 Å². The number of allylic oxidation sites excluding steroid dienone is 1. The molecule has 0 fully saturated rings. The third-order valence-electron chi connectivity index (χ3n) is 4.16. The van der Waals surface area contributed by atoms with Crippen LogP contribution in [0.15, 0.2) is 40.7 Å². The first-order chi connectivity index (χ1) is 11.5. The number of ether oxygens (including phenoxy) is 1. The van der Waals surface area contributed by atoms with Crippen LogP contribution in [0.25, 0.3) is 16.3 Å². The van der Waals surface area contributed by atoms with E-state index < -0.39 is 0 Å². The van der Waals surface area contributed by atoms with Crippen molar-refractivity contribution in [3.05, 3.63) is 63.3 Å². The van der Waals surface area contributed by atoms with E-state index in [2.05, 4.69) is 48.9 Å². The van der Waals surface area contributed by atoms with Crippen molar-refractivity contribution in [3.8, 4) is 0 Å². The van der Waals surface area contributed by atoms with Crippen molar-refractivity contribution in [3.63, 3.8) is 0 Å². The number of aromatic nitrogens is 2. The van der Waals surface area contributed by atoms with E-state index in [-0.39, 0.29) is 0 Å². The van der Waals surface area contributed by atoms with Crippen molar-refractivity contribution in [2.45, 2.75) is 20.8 Å². The van der Waals surface area contributed by atoms with Gasteiger partial charge in [-0.05, 0) is 50.6 Å². The Hall–Kier alpha value is -2.53. The highest BCUT2D eigenvalue weighted by molar-refractivity contribution is 7.18. The lowest BCUT2D eigenvalue weighted by atomic mass is 10.2. The number of hydrogen-bond acceptors (Lipinski definition) is 3. The molecule has 4 rings (SSSR count). The molecule has 3 aromatic heterocycles. The number of rotatable bonds is 3. The molecule has 1 aliphatic heterocycles. The van der Waals surface area contributed by atoms with Gasteiger partial charge in [0, 0.05) is 27.7 Å². The Kier molecular flexibility index (Phi) is 3.46. The van der Waals surface area contributed by atoms with Gasteiger partial charge in [0.1, 0.15) is 16.3 Å². The summed E-state index contributed by atoms with van der Waals surface area (Å²) in [4.78, 5) is 14.1. The van der Waals surface area contributed by atoms with Crippen LogP contribution in [0.2, 0.25) is 0 Å². The second-order valence-corrected chi connectivity index (χ2v) is 7.37. The smallest absolute Gasteiger partial charge is 0.146 e. The number of thiophene rings is 1. The van der Waals surface area contributed by atoms with Crippen molar-refractivity contribution < 1.29 is 4.74 Å². The minimum Gasteiger partial charge on any atom is -0.494 e. The number of aromatic amines is 2. The van der Waals surface area contributed by atoms with Crippen LogP contribution in [0.5, 0.6) is 0 Å². The number of methoxy groups -OCH3 is 1. The van der Waals surface area contributed by atoms with Crippen LogP contribution in [-0.2, 0) is 4.74 Å². The Labute approximate surface area is 144 Å². The number of H-pyrrole nitrogens is 2. The van der Waals surface area contributed by atoms with Crippen molar-refractivity contribution in [2.75, 3.05) is 7.11 Å². The lowest BCUT2D eigenvalue weighted by Crippen LogP contribution is -1.93. The van der Waals surface area contributed by atoms with Gasteiger partial charge in [0.15, 0.2) is 0 Å². The third-order valence-corrected chi connectivity index (χ3v) is 5.14. The van der Waals surface area contributed by atoms with Gasteiger partial charge in [-0.3, -0.25) is 0 Å². The molecule has 2 N–H and O–H groups in total. The van der Waals surface area contributed by atoms with E-state index in [0.29, 0.717) is 0 Å². The zero-order valence-electron chi connectivity index (χ0n) is 14.2. The highest BCUT2D eigenvalue weighted by Crippen LogP contribution is 2.29. The third kappa shape index (κ3) is 2.51. The fourth-order valence-corrected chi connectivity index (χ4v) is 3.95. The van der Waals surface area contributed by atoms with Crippen LogP contribution in [0.3, 0.4) is 0 Å². The molecule has 0 radical (unpaired) electrons. The van der Waals surface area contributed by atoms with Gasteiger partial charge in [0.05, 0.1) is 18.5 Å². The van der Waals surface area contributed by atoms with Crippen LogP contribution >= 0.6 is 11.3 Å². The average molecular weight is 337 g/mol. The van der Waals surface area contributed by atoms with Gasteiger partial charge >= 0.3 is 0 Å². The average Bonchev–Trinajstić information content (AvgIpc) is 3.23. The largest absolute Gasteiger partial charge is 0.494 e. The Bertz CT molecular complexity index is 995. The molecule has 0 atom stereocenters. The Morgan fingerprint density at radius 2 is 1.96 bits per heavy atom. The van der Waals surface area contributed by atoms with Crippen LogP contribution < -0.4 is 0 Å². The van der Waals surface area contributed by atoms with E-state index in [4.69, 9.17) is 9.73 Å². The standard InChI is InChI=1S/C19H19N3OS/c1-10-5-11(2)20-14(10)8-17-18(23-4)9-16(21-17)15-7-13-6-12(3)24-19(13)22-15/h5-9,20,22H,1-4H3/b17-8-. The molecule has 0 amide bonds. The second-order valence-electron chi connectivity index (χ2n) is 6.11. The molecule has 4 heterocycles. The van der Waals surface area contributed by atoms with Gasteiger partial charge in [0.25, 0.3) is 0 Å². The molecular weight excluding hydrogens is 318 g/mol. The van der Waals surface area contributed by atoms with Gasteiger partial charge in [-0.2, -0.15) is 0 Å². The van der Waals surface area contributed by atoms with E-state index in [9.17, 15) is 0 Å². The van der Waals surface area contributed by atoms with Crippen LogP contribution in [0.1, 0.15) is 27.5 Å². The fourth-order valence-electron chi connectivity index (χ4n) is 3.05. The first-order valence-corrected chi connectivity index (χ1v) is 8.67. The molecule has 5 heteroatoms. The first-order valence-electron chi connectivity index (χ1n) is 7.85. The molecule has 0 bridgehead atoms. The maximum absolute atomic E-state index is 5.52. The quantitative estimate of drug-likeness (QED) is 0.705. The number of aryl methyl sites for hydroxylation is 3. The molecule has 24 heavy (non-hydrogen) atoms. The van der Waals surface area contributed by atoms with Gasteiger partial charge in [-0.25, -0.2) is 4.99 Å². The highest BCUT2D eigenvalue weighted by Gasteiger charge is 2.19. The summed E-state index contributed by atoms with van der Waals surface area (Å²) >= 11 is 1.76. The molecule has 0 aromatic carbocycles. The van der Waals surface area contributed by atoms with E-state index >= 15 is 0 Å². The van der Waals surface area contributed by atoms with Crippen LogP contribution in [0, 0.1) is 20.8 Å². The number of nitrogens with zero attached hydrogens (tertiary/aromatic N) is 1. The highest BCUT2D eigenvalue weighted by atomic mass is 32.1. The summed E-state index contributed by atoms with van der Waals surface area (Å²) in [5, 5.41) is 1.23. The summed E-state index contributed by atoms with van der Waals surface area (Å²) < 4.78 is 5.52. The van der Waals surface area contributed by atoms with E-state index in [0.717, 1.165) is 34.2 Å². The minimum absolute atomic E-state index is 0.783. The summed E-state index contributed by atoms with van der Waals surface area (Å²) in [6.07, 6.45) is 4.03. The van der Waals surface area contributed by atoms with Gasteiger partial charge in [0.2, 0.25) is 0 Å². The van der Waals surface area contributed by atoms with E-state index in [1.54, 1.807) is 18.4 Å². The molecule has 4 nitrogen and oxygen atoms in total. The maximum atomic E-state index is 5.52.